The highest BCUT2D eigenvalue weighted by atomic mass is 16.3. The van der Waals surface area contributed by atoms with E-state index in [0.717, 1.165) is 18.8 Å². The van der Waals surface area contributed by atoms with Crippen molar-refractivity contribution in [3.63, 3.8) is 0 Å². The fourth-order valence-electron chi connectivity index (χ4n) is 0.896. The third-order valence-corrected chi connectivity index (χ3v) is 1.43. The van der Waals surface area contributed by atoms with Crippen molar-refractivity contribution in [2.45, 2.75) is 19.6 Å². The third kappa shape index (κ3) is 3.20. The molecule has 0 unspecified atom stereocenters. The highest BCUT2D eigenvalue weighted by Crippen LogP contribution is 1.95. The molecule has 0 aliphatic carbocycles. The summed E-state index contributed by atoms with van der Waals surface area (Å²) < 4.78 is 5.10. The van der Waals surface area contributed by atoms with E-state index in [1.807, 2.05) is 17.4 Å². The lowest BCUT2D eigenvalue weighted by Gasteiger charge is -2.00. The smallest absolute Gasteiger partial charge is 0.157 e. The van der Waals surface area contributed by atoms with Crippen LogP contribution >= 0.6 is 0 Å². The predicted molar refractivity (Wildman–Crippen MR) is 40.9 cm³/mol. The van der Waals surface area contributed by atoms with Gasteiger partial charge in [-0.1, -0.05) is 0 Å². The van der Waals surface area contributed by atoms with Gasteiger partial charge in [-0.05, 0) is 19.1 Å². The van der Waals surface area contributed by atoms with E-state index in [0.29, 0.717) is 0 Å². The normalized spacial score (nSPS) is 13.3. The van der Waals surface area contributed by atoms with Gasteiger partial charge in [0.2, 0.25) is 0 Å². The van der Waals surface area contributed by atoms with E-state index in [2.05, 4.69) is 0 Å². The number of quaternary nitrogens is 1. The van der Waals surface area contributed by atoms with Crippen LogP contribution < -0.4 is 5.32 Å². The van der Waals surface area contributed by atoms with Crippen molar-refractivity contribution in [1.82, 2.24) is 0 Å². The average molecular weight is 156 g/mol. The first kappa shape index (κ1) is 8.30. The van der Waals surface area contributed by atoms with Gasteiger partial charge >= 0.3 is 0 Å². The molecular weight excluding hydrogens is 142 g/mol. The molecule has 0 saturated heterocycles. The topological polar surface area (TPSA) is 50.0 Å². The van der Waals surface area contributed by atoms with Crippen LogP contribution in [0.3, 0.4) is 0 Å². The summed E-state index contributed by atoms with van der Waals surface area (Å²) in [6.07, 6.45) is 1.41. The van der Waals surface area contributed by atoms with Crippen LogP contribution in [-0.2, 0) is 6.54 Å². The van der Waals surface area contributed by atoms with Gasteiger partial charge in [0.05, 0.1) is 12.4 Å². The number of hydrogen-bond donors (Lipinski definition) is 2. The predicted octanol–water partition coefficient (Wildman–Crippen LogP) is -0.276. The Morgan fingerprint density at radius 2 is 2.55 bits per heavy atom. The van der Waals surface area contributed by atoms with Crippen LogP contribution in [0.1, 0.15) is 12.7 Å². The molecule has 0 radical (unpaired) electrons. The zero-order chi connectivity index (χ0) is 8.10. The maximum Gasteiger partial charge on any atom is 0.157 e. The summed E-state index contributed by atoms with van der Waals surface area (Å²) in [5.41, 5.74) is 0. The quantitative estimate of drug-likeness (QED) is 0.630. The van der Waals surface area contributed by atoms with E-state index in [4.69, 9.17) is 9.52 Å². The van der Waals surface area contributed by atoms with Crippen LogP contribution in [0.4, 0.5) is 0 Å². The Labute approximate surface area is 66.0 Å². The molecule has 1 rings (SSSR count). The Bertz CT molecular complexity index is 182. The Morgan fingerprint density at radius 1 is 1.73 bits per heavy atom. The summed E-state index contributed by atoms with van der Waals surface area (Å²) >= 11 is 0. The largest absolute Gasteiger partial charge is 0.463 e. The van der Waals surface area contributed by atoms with Gasteiger partial charge in [-0.15, -0.1) is 0 Å². The molecule has 1 atom stereocenters. The van der Waals surface area contributed by atoms with Gasteiger partial charge in [-0.3, -0.25) is 0 Å². The molecule has 0 spiro atoms. The molecule has 3 heteroatoms. The lowest BCUT2D eigenvalue weighted by atomic mass is 10.4. The van der Waals surface area contributed by atoms with Crippen LogP contribution in [0.5, 0.6) is 0 Å². The molecule has 0 fully saturated rings. The second kappa shape index (κ2) is 4.16. The van der Waals surface area contributed by atoms with Crippen molar-refractivity contribution in [3.05, 3.63) is 24.2 Å². The van der Waals surface area contributed by atoms with Gasteiger partial charge in [-0.2, -0.15) is 0 Å². The zero-order valence-electron chi connectivity index (χ0n) is 6.66. The third-order valence-electron chi connectivity index (χ3n) is 1.43. The monoisotopic (exact) mass is 156 g/mol. The first-order chi connectivity index (χ1) is 5.29. The molecule has 0 aliphatic heterocycles. The lowest BCUT2D eigenvalue weighted by molar-refractivity contribution is -0.677. The Morgan fingerprint density at radius 3 is 3.09 bits per heavy atom. The number of rotatable bonds is 4. The van der Waals surface area contributed by atoms with E-state index in [9.17, 15) is 0 Å². The van der Waals surface area contributed by atoms with Gasteiger partial charge < -0.3 is 14.8 Å². The molecule has 62 valence electrons. The highest BCUT2D eigenvalue weighted by Gasteiger charge is 1.99. The van der Waals surface area contributed by atoms with Gasteiger partial charge in [0.15, 0.2) is 5.76 Å². The number of furan rings is 1. The van der Waals surface area contributed by atoms with Crippen molar-refractivity contribution in [3.8, 4) is 0 Å². The molecule has 3 N–H and O–H groups in total. The van der Waals surface area contributed by atoms with Crippen molar-refractivity contribution in [1.29, 1.82) is 0 Å². The summed E-state index contributed by atoms with van der Waals surface area (Å²) in [6.45, 7) is 3.30. The Balaban J connectivity index is 2.14. The zero-order valence-corrected chi connectivity index (χ0v) is 6.66. The number of aliphatic hydroxyl groups excluding tert-OH is 1. The second-order valence-corrected chi connectivity index (χ2v) is 2.66. The minimum absolute atomic E-state index is 0.245. The molecule has 0 saturated carbocycles. The summed E-state index contributed by atoms with van der Waals surface area (Å²) in [5.74, 6) is 0.950. The molecule has 0 aromatic carbocycles. The van der Waals surface area contributed by atoms with E-state index in [-0.39, 0.29) is 6.10 Å². The van der Waals surface area contributed by atoms with Crippen molar-refractivity contribution < 1.29 is 14.8 Å². The minimum atomic E-state index is -0.245. The SMILES string of the molecule is C[C@@H](O)C[NH2+]Cc1ccco1. The van der Waals surface area contributed by atoms with Crippen LogP contribution in [-0.4, -0.2) is 17.8 Å². The standard InChI is InChI=1S/C8H13NO2/c1-7(10)5-9-6-8-3-2-4-11-8/h2-4,7,9-10H,5-6H2,1H3/p+1/t7-/m1/s1. The van der Waals surface area contributed by atoms with Crippen molar-refractivity contribution in [2.24, 2.45) is 0 Å². The molecular formula is C8H14NO2+. The minimum Gasteiger partial charge on any atom is -0.463 e. The van der Waals surface area contributed by atoms with Gasteiger partial charge in [0.1, 0.15) is 13.1 Å². The number of hydrogen-bond acceptors (Lipinski definition) is 2. The molecule has 11 heavy (non-hydrogen) atoms. The molecule has 1 heterocycles. The fourth-order valence-corrected chi connectivity index (χ4v) is 0.896. The van der Waals surface area contributed by atoms with E-state index in [1.165, 1.54) is 0 Å². The van der Waals surface area contributed by atoms with Gasteiger partial charge in [-0.25, -0.2) is 0 Å². The summed E-state index contributed by atoms with van der Waals surface area (Å²) in [6, 6.07) is 3.80. The molecule has 0 bridgehead atoms. The maximum atomic E-state index is 8.92. The van der Waals surface area contributed by atoms with Crippen LogP contribution in [0, 0.1) is 0 Å². The molecule has 3 nitrogen and oxygen atoms in total. The van der Waals surface area contributed by atoms with Crippen LogP contribution in [0.25, 0.3) is 0 Å². The van der Waals surface area contributed by atoms with Crippen LogP contribution in [0.2, 0.25) is 0 Å². The summed E-state index contributed by atoms with van der Waals surface area (Å²) in [7, 11) is 0. The van der Waals surface area contributed by atoms with Crippen molar-refractivity contribution in [2.75, 3.05) is 6.54 Å². The lowest BCUT2D eigenvalue weighted by Crippen LogP contribution is -2.84. The molecule has 1 aromatic heterocycles. The maximum absolute atomic E-state index is 8.92. The first-order valence-corrected chi connectivity index (χ1v) is 3.81. The number of nitrogens with two attached hydrogens (primary N) is 1. The van der Waals surface area contributed by atoms with E-state index in [1.54, 1.807) is 13.2 Å². The fraction of sp³-hybridized carbons (Fsp3) is 0.500. The second-order valence-electron chi connectivity index (χ2n) is 2.66. The molecule has 0 aliphatic rings. The first-order valence-electron chi connectivity index (χ1n) is 3.81. The Hall–Kier alpha value is -0.800. The van der Waals surface area contributed by atoms with E-state index < -0.39 is 0 Å². The molecule has 1 aromatic rings. The average Bonchev–Trinajstić information content (AvgIpc) is 2.39. The van der Waals surface area contributed by atoms with Crippen molar-refractivity contribution >= 4 is 0 Å². The highest BCUT2D eigenvalue weighted by molar-refractivity contribution is 4.95. The van der Waals surface area contributed by atoms with Gasteiger partial charge in [0.25, 0.3) is 0 Å². The van der Waals surface area contributed by atoms with Crippen LogP contribution in [0.15, 0.2) is 22.8 Å². The Kier molecular flexibility index (Phi) is 3.14. The van der Waals surface area contributed by atoms with Gasteiger partial charge in [0, 0.05) is 0 Å². The summed E-state index contributed by atoms with van der Waals surface area (Å²) in [5, 5.41) is 10.9. The van der Waals surface area contributed by atoms with E-state index >= 15 is 0 Å². The molecule has 0 amide bonds. The summed E-state index contributed by atoms with van der Waals surface area (Å²) in [4.78, 5) is 0. The number of aliphatic hydroxyl groups is 1.